The number of halogens is 1. The number of carbonyl (C=O) groups is 3. The Morgan fingerprint density at radius 1 is 1.23 bits per heavy atom. The highest BCUT2D eigenvalue weighted by Crippen LogP contribution is 2.48. The maximum absolute atomic E-state index is 13.1. The quantitative estimate of drug-likeness (QED) is 0.0442. The molecule has 0 aliphatic carbocycles. The van der Waals surface area contributed by atoms with Crippen molar-refractivity contribution in [3.8, 4) is 0 Å². The predicted molar refractivity (Wildman–Crippen MR) is 163 cm³/mol. The normalized spacial score (nSPS) is 19.0. The molecule has 2 aliphatic heterocycles. The van der Waals surface area contributed by atoms with E-state index in [1.807, 2.05) is 0 Å². The van der Waals surface area contributed by atoms with E-state index in [-0.39, 0.29) is 20.9 Å². The summed E-state index contributed by atoms with van der Waals surface area (Å²) in [5.41, 5.74) is 16.9. The van der Waals surface area contributed by atoms with Crippen molar-refractivity contribution in [1.82, 2.24) is 20.2 Å². The summed E-state index contributed by atoms with van der Waals surface area (Å²) in [6, 6.07) is -1.05. The molecule has 2 aliphatic rings. The number of anilines is 1. The number of aliphatic carboxylic acids is 1. The van der Waals surface area contributed by atoms with E-state index in [9.17, 15) is 24.7 Å². The Hall–Kier alpha value is -1.71. The SMILES string of the molecule is NCCSCc1nc(SCCN)sc1SC1=C(C(=O)O)N2C(=O)[C@@H](NC(=O)/C(=N\O)c3nc(N)sc3Cl)[C@@H]2SC1. The zero-order chi connectivity index (χ0) is 29.0. The summed E-state index contributed by atoms with van der Waals surface area (Å²) in [5, 5.41) is 24.4. The van der Waals surface area contributed by atoms with Crippen LogP contribution in [0.3, 0.4) is 0 Å². The largest absolute Gasteiger partial charge is 0.477 e. The van der Waals surface area contributed by atoms with E-state index in [2.05, 4.69) is 15.5 Å². The molecule has 0 bridgehead atoms. The number of fused-ring (bicyclic) bond motifs is 1. The number of aromatic nitrogens is 2. The molecule has 13 nitrogen and oxygen atoms in total. The number of hydrogen-bond donors (Lipinski definition) is 6. The molecule has 40 heavy (non-hydrogen) atoms. The molecular weight excluding hydrogens is 660 g/mol. The fourth-order valence-electron chi connectivity index (χ4n) is 3.60. The Morgan fingerprint density at radius 2 is 1.98 bits per heavy atom. The molecule has 1 saturated heterocycles. The number of thioether (sulfide) groups is 4. The molecule has 2 aromatic heterocycles. The smallest absolute Gasteiger partial charge is 0.353 e. The molecule has 0 radical (unpaired) electrons. The van der Waals surface area contributed by atoms with Gasteiger partial charge in [-0.15, -0.1) is 23.1 Å². The molecule has 1 fully saturated rings. The summed E-state index contributed by atoms with van der Waals surface area (Å²) in [6.07, 6.45) is 0. The molecule has 4 rings (SSSR count). The number of nitrogens with zero attached hydrogens (tertiary/aromatic N) is 4. The molecule has 2 aromatic rings. The first kappa shape index (κ1) is 31.2. The van der Waals surface area contributed by atoms with Crippen molar-refractivity contribution in [1.29, 1.82) is 0 Å². The minimum atomic E-state index is -1.26. The van der Waals surface area contributed by atoms with E-state index in [1.54, 1.807) is 11.8 Å². The highest BCUT2D eigenvalue weighted by atomic mass is 35.5. The Balaban J connectivity index is 1.53. The molecule has 216 valence electrons. The first-order valence-electron chi connectivity index (χ1n) is 11.3. The van der Waals surface area contributed by atoms with E-state index in [1.165, 1.54) is 51.5 Å². The lowest BCUT2D eigenvalue weighted by Crippen LogP contribution is -2.71. The third kappa shape index (κ3) is 6.67. The van der Waals surface area contributed by atoms with E-state index in [0.717, 1.165) is 31.3 Å². The maximum Gasteiger partial charge on any atom is 0.353 e. The van der Waals surface area contributed by atoms with Gasteiger partial charge in [-0.3, -0.25) is 14.5 Å². The lowest BCUT2D eigenvalue weighted by atomic mass is 10.0. The minimum absolute atomic E-state index is 0.0419. The van der Waals surface area contributed by atoms with E-state index < -0.39 is 34.9 Å². The third-order valence-electron chi connectivity index (χ3n) is 5.27. The first-order valence-corrected chi connectivity index (χ1v) is 17.4. The number of carboxylic acid groups (broad SMARTS) is 1. The van der Waals surface area contributed by atoms with Gasteiger partial charge in [-0.05, 0) is 0 Å². The van der Waals surface area contributed by atoms with E-state index in [0.29, 0.717) is 35.3 Å². The summed E-state index contributed by atoms with van der Waals surface area (Å²) < 4.78 is 1.72. The van der Waals surface area contributed by atoms with Gasteiger partial charge in [-0.25, -0.2) is 14.8 Å². The number of carbonyl (C=O) groups excluding carboxylic acids is 2. The van der Waals surface area contributed by atoms with Crippen LogP contribution in [0.25, 0.3) is 0 Å². The summed E-state index contributed by atoms with van der Waals surface area (Å²) in [4.78, 5) is 48.6. The van der Waals surface area contributed by atoms with E-state index in [4.69, 9.17) is 33.8 Å². The van der Waals surface area contributed by atoms with Crippen LogP contribution in [0.15, 0.2) is 24.3 Å². The number of β-lactam (4-membered cyclic amide) rings is 1. The standard InChI is InChI=1S/C20H23ClN8O5S6/c21-13-9(27-19(24)39-13)10(28-34)14(30)26-11-15(31)29-12(17(32)33)8(6-37-16(11)29)38-18-7(5-35-3-1-22)25-20(40-18)36-4-2-23/h11,16,34H,1-6,22-23H2,(H2,24,27)(H,26,30)(H,32,33)/b28-10-/t11-,16+/m1/s1. The van der Waals surface area contributed by atoms with Gasteiger partial charge in [0.15, 0.2) is 15.2 Å². The lowest BCUT2D eigenvalue weighted by Gasteiger charge is -2.49. The summed E-state index contributed by atoms with van der Waals surface area (Å²) in [6.45, 7) is 1.03. The molecule has 0 aromatic carbocycles. The van der Waals surface area contributed by atoms with Crippen LogP contribution in [-0.2, 0) is 20.1 Å². The van der Waals surface area contributed by atoms with Gasteiger partial charge < -0.3 is 32.8 Å². The number of nitrogens with one attached hydrogen (secondary N) is 1. The average Bonchev–Trinajstić information content (AvgIpc) is 3.47. The van der Waals surface area contributed by atoms with Crippen LogP contribution in [0.1, 0.15) is 11.4 Å². The van der Waals surface area contributed by atoms with Gasteiger partial charge in [0.25, 0.3) is 11.8 Å². The first-order chi connectivity index (χ1) is 19.2. The number of hydrogen-bond acceptors (Lipinski definition) is 16. The van der Waals surface area contributed by atoms with Gasteiger partial charge in [0.2, 0.25) is 0 Å². The van der Waals surface area contributed by atoms with Crippen LogP contribution in [-0.4, -0.2) is 90.4 Å². The van der Waals surface area contributed by atoms with Gasteiger partial charge in [0, 0.05) is 41.0 Å². The number of nitrogen functional groups attached to an aromatic ring is 1. The molecular formula is C20H23ClN8O5S6. The van der Waals surface area contributed by atoms with Crippen LogP contribution < -0.4 is 22.5 Å². The lowest BCUT2D eigenvalue weighted by molar-refractivity contribution is -0.150. The van der Waals surface area contributed by atoms with Gasteiger partial charge in [0.1, 0.15) is 27.1 Å². The zero-order valence-corrected chi connectivity index (χ0v) is 26.0. The maximum atomic E-state index is 13.1. The second-order valence-electron chi connectivity index (χ2n) is 7.86. The van der Waals surface area contributed by atoms with Crippen LogP contribution in [0.4, 0.5) is 5.13 Å². The van der Waals surface area contributed by atoms with Crippen molar-refractivity contribution < 1.29 is 24.7 Å². The van der Waals surface area contributed by atoms with Crippen molar-refractivity contribution >= 4 is 110 Å². The van der Waals surface area contributed by atoms with Gasteiger partial charge in [0.05, 0.1) is 9.90 Å². The van der Waals surface area contributed by atoms with E-state index >= 15 is 0 Å². The summed E-state index contributed by atoms with van der Waals surface area (Å²) in [7, 11) is 0. The fourth-order valence-corrected chi connectivity index (χ4v) is 10.4. The van der Waals surface area contributed by atoms with Crippen molar-refractivity contribution in [2.45, 2.75) is 25.7 Å². The van der Waals surface area contributed by atoms with Crippen molar-refractivity contribution in [3.63, 3.8) is 0 Å². The monoisotopic (exact) mass is 682 g/mol. The molecule has 20 heteroatoms. The number of rotatable bonds is 13. The molecule has 0 spiro atoms. The number of oxime groups is 1. The zero-order valence-electron chi connectivity index (χ0n) is 20.4. The molecule has 2 amide bonds. The van der Waals surface area contributed by atoms with Gasteiger partial charge in [-0.2, -0.15) is 11.8 Å². The van der Waals surface area contributed by atoms with Crippen LogP contribution >= 0.6 is 81.3 Å². The Kier molecular flexibility index (Phi) is 10.9. The fraction of sp³-hybridized carbons (Fsp3) is 0.400. The molecule has 0 saturated carbocycles. The second kappa shape index (κ2) is 14.0. The topological polar surface area (TPSA) is 223 Å². The molecule has 2 atom stereocenters. The highest BCUT2D eigenvalue weighted by molar-refractivity contribution is 8.08. The average molecular weight is 683 g/mol. The number of thiazole rings is 2. The van der Waals surface area contributed by atoms with Crippen LogP contribution in [0.2, 0.25) is 4.34 Å². The third-order valence-corrected chi connectivity index (χ3v) is 12.4. The van der Waals surface area contributed by atoms with Crippen molar-refractivity contribution in [3.05, 3.63) is 26.3 Å². The Morgan fingerprint density at radius 3 is 2.60 bits per heavy atom. The second-order valence-corrected chi connectivity index (χ2v) is 15.4. The minimum Gasteiger partial charge on any atom is -0.477 e. The molecule has 9 N–H and O–H groups in total. The number of nitrogens with two attached hydrogens (primary N) is 3. The molecule has 4 heterocycles. The van der Waals surface area contributed by atoms with Gasteiger partial charge >= 0.3 is 5.97 Å². The van der Waals surface area contributed by atoms with Crippen LogP contribution in [0, 0.1) is 0 Å². The predicted octanol–water partition coefficient (Wildman–Crippen LogP) is 1.74. The van der Waals surface area contributed by atoms with Crippen molar-refractivity contribution in [2.24, 2.45) is 16.6 Å². The van der Waals surface area contributed by atoms with Crippen LogP contribution in [0.5, 0.6) is 0 Å². The molecule has 0 unspecified atom stereocenters. The summed E-state index contributed by atoms with van der Waals surface area (Å²) >= 11 is 14.1. The number of amides is 2. The summed E-state index contributed by atoms with van der Waals surface area (Å²) in [5.74, 6) is -0.395. The highest BCUT2D eigenvalue weighted by Gasteiger charge is 2.54. The Bertz CT molecular complexity index is 1370. The number of carboxylic acids is 1. The Labute approximate surface area is 258 Å². The van der Waals surface area contributed by atoms with Gasteiger partial charge in [-0.1, -0.05) is 51.6 Å². The van der Waals surface area contributed by atoms with Crippen molar-refractivity contribution in [2.75, 3.05) is 36.1 Å².